The third-order valence-electron chi connectivity index (χ3n) is 8.62. The van der Waals surface area contributed by atoms with Crippen LogP contribution in [0.1, 0.15) is 68.7 Å². The van der Waals surface area contributed by atoms with Gasteiger partial charge in [-0.15, -0.1) is 0 Å². The van der Waals surface area contributed by atoms with Gasteiger partial charge in [-0.05, 0) is 27.6 Å². The second kappa shape index (κ2) is 6.59. The second-order valence-corrected chi connectivity index (χ2v) is 29.1. The first-order valence-corrected chi connectivity index (χ1v) is 19.5. The maximum absolute atomic E-state index is 4.03. The molecule has 1 radical (unpaired) electrons. The van der Waals surface area contributed by atoms with Crippen molar-refractivity contribution in [2.75, 3.05) is 0 Å². The van der Waals surface area contributed by atoms with E-state index in [2.05, 4.69) is 108 Å². The molecule has 0 spiro atoms. The lowest BCUT2D eigenvalue weighted by molar-refractivity contribution is 0.716. The van der Waals surface area contributed by atoms with Crippen molar-refractivity contribution in [2.24, 2.45) is 0 Å². The first kappa shape index (κ1) is 24.2. The van der Waals surface area contributed by atoms with Crippen molar-refractivity contribution in [3.63, 3.8) is 0 Å². The van der Waals surface area contributed by atoms with E-state index in [1.807, 2.05) is 10.4 Å². The zero-order valence-electron chi connectivity index (χ0n) is 20.7. The van der Waals surface area contributed by atoms with Crippen LogP contribution >= 0.6 is 0 Å². The van der Waals surface area contributed by atoms with E-state index in [0.717, 1.165) is 6.42 Å². The number of allylic oxidation sites excluding steroid dienone is 4. The van der Waals surface area contributed by atoms with Gasteiger partial charge in [0.1, 0.15) is 0 Å². The molecule has 0 heterocycles. The van der Waals surface area contributed by atoms with Crippen molar-refractivity contribution in [1.29, 1.82) is 0 Å². The molecule has 0 aromatic carbocycles. The molecule has 0 fully saturated rings. The van der Waals surface area contributed by atoms with E-state index in [4.69, 9.17) is 0 Å². The monoisotopic (exact) mass is 407 g/mol. The number of hydrogen-bond donors (Lipinski definition) is 0. The molecule has 3 heteroatoms. The van der Waals surface area contributed by atoms with Crippen molar-refractivity contribution < 1.29 is 0 Å². The molecule has 0 nitrogen and oxygen atoms in total. The van der Waals surface area contributed by atoms with Crippen LogP contribution in [0, 0.1) is 6.08 Å². The molecule has 26 heavy (non-hydrogen) atoms. The van der Waals surface area contributed by atoms with Gasteiger partial charge in [0, 0.05) is 0 Å². The lowest BCUT2D eigenvalue weighted by Crippen LogP contribution is -2.50. The van der Waals surface area contributed by atoms with Gasteiger partial charge < -0.3 is 0 Å². The highest BCUT2D eigenvalue weighted by Gasteiger charge is 2.52. The Bertz CT molecular complexity index is 609. The first-order valence-electron chi connectivity index (χ1n) is 10.5. The van der Waals surface area contributed by atoms with Gasteiger partial charge in [0.25, 0.3) is 0 Å². The lowest BCUT2D eigenvalue weighted by Gasteiger charge is -2.48. The molecule has 1 rings (SSSR count). The van der Waals surface area contributed by atoms with E-state index in [9.17, 15) is 0 Å². The standard InChI is InChI=1S/C23H47Si3/c1-21(2,3)24(10,11)18-16-17-19(25(12,13)22(4,5)6)20(18)26(14,15)23(7,8)9/h16H2,1-15H3. The fourth-order valence-electron chi connectivity index (χ4n) is 3.46. The summed E-state index contributed by atoms with van der Waals surface area (Å²) in [4.78, 5) is 0. The van der Waals surface area contributed by atoms with Crippen LogP contribution in [0.25, 0.3) is 0 Å². The summed E-state index contributed by atoms with van der Waals surface area (Å²) < 4.78 is 0. The first-order chi connectivity index (χ1) is 11.1. The van der Waals surface area contributed by atoms with E-state index in [1.165, 1.54) is 0 Å². The zero-order chi connectivity index (χ0) is 21.1. The minimum atomic E-state index is -1.63. The molecular weight excluding hydrogens is 361 g/mol. The van der Waals surface area contributed by atoms with Crippen molar-refractivity contribution in [3.8, 4) is 0 Å². The van der Waals surface area contributed by atoms with Crippen LogP contribution in [0.3, 0.4) is 0 Å². The molecule has 1 aliphatic carbocycles. The summed E-state index contributed by atoms with van der Waals surface area (Å²) in [6.07, 6.45) is 5.15. The highest BCUT2D eigenvalue weighted by atomic mass is 28.3. The fourth-order valence-corrected chi connectivity index (χ4v) is 13.9. The van der Waals surface area contributed by atoms with Crippen LogP contribution in [0.15, 0.2) is 15.6 Å². The fraction of sp³-hybridized carbons (Fsp3) is 0.826. The van der Waals surface area contributed by atoms with Crippen LogP contribution in [-0.2, 0) is 0 Å². The summed E-state index contributed by atoms with van der Waals surface area (Å²) >= 11 is 0. The van der Waals surface area contributed by atoms with Crippen LogP contribution in [0.2, 0.25) is 54.4 Å². The summed E-state index contributed by atoms with van der Waals surface area (Å²) in [6, 6.07) is 0. The summed E-state index contributed by atoms with van der Waals surface area (Å²) in [5.41, 5.74) is 0. The maximum atomic E-state index is 4.03. The maximum Gasteiger partial charge on any atom is 0.0861 e. The highest BCUT2D eigenvalue weighted by molar-refractivity contribution is 6.98. The molecule has 0 aliphatic heterocycles. The molecule has 0 N–H and O–H groups in total. The Kier molecular flexibility index (Phi) is 6.12. The van der Waals surface area contributed by atoms with Crippen molar-refractivity contribution in [3.05, 3.63) is 21.7 Å². The Morgan fingerprint density at radius 2 is 0.923 bits per heavy atom. The summed E-state index contributed by atoms with van der Waals surface area (Å²) in [6.45, 7) is 37.9. The molecule has 0 saturated heterocycles. The van der Waals surface area contributed by atoms with Gasteiger partial charge in [-0.25, -0.2) is 0 Å². The van der Waals surface area contributed by atoms with Crippen LogP contribution in [-0.4, -0.2) is 24.2 Å². The Labute approximate surface area is 169 Å². The zero-order valence-corrected chi connectivity index (χ0v) is 23.7. The van der Waals surface area contributed by atoms with Gasteiger partial charge >= 0.3 is 0 Å². The predicted molar refractivity (Wildman–Crippen MR) is 130 cm³/mol. The molecule has 0 amide bonds. The van der Waals surface area contributed by atoms with Gasteiger partial charge in [0.15, 0.2) is 0 Å². The molecule has 0 unspecified atom stereocenters. The third kappa shape index (κ3) is 3.82. The predicted octanol–water partition coefficient (Wildman–Crippen LogP) is 8.56. The van der Waals surface area contributed by atoms with Gasteiger partial charge in [0.05, 0.1) is 24.2 Å². The largest absolute Gasteiger partial charge is 0.0861 e. The molecule has 1 aliphatic rings. The van der Waals surface area contributed by atoms with Gasteiger partial charge in [-0.1, -0.05) is 117 Å². The van der Waals surface area contributed by atoms with Crippen LogP contribution < -0.4 is 0 Å². The van der Waals surface area contributed by atoms with E-state index in [0.29, 0.717) is 15.1 Å². The minimum absolute atomic E-state index is 0.367. The summed E-state index contributed by atoms with van der Waals surface area (Å²) in [5, 5.41) is 6.53. The average Bonchev–Trinajstić information content (AvgIpc) is 2.80. The number of rotatable bonds is 3. The van der Waals surface area contributed by atoms with Gasteiger partial charge in [0.2, 0.25) is 0 Å². The Morgan fingerprint density at radius 3 is 1.23 bits per heavy atom. The SMILES string of the molecule is CC(C)(C)[Si](C)(C)C1=[C]CC([Si](C)(C)C(C)(C)C)=C1[Si](C)(C)C(C)(C)C. The molecule has 0 aromatic heterocycles. The minimum Gasteiger partial charge on any atom is -0.0768 e. The Morgan fingerprint density at radius 1 is 0.577 bits per heavy atom. The topological polar surface area (TPSA) is 0 Å². The van der Waals surface area contributed by atoms with E-state index >= 15 is 0 Å². The normalized spacial score (nSPS) is 18.5. The van der Waals surface area contributed by atoms with Gasteiger partial charge in [-0.2, -0.15) is 0 Å². The molecule has 0 bridgehead atoms. The highest BCUT2D eigenvalue weighted by Crippen LogP contribution is 2.56. The smallest absolute Gasteiger partial charge is 0.0768 e. The van der Waals surface area contributed by atoms with Crippen molar-refractivity contribution in [1.82, 2.24) is 0 Å². The molecule has 0 atom stereocenters. The van der Waals surface area contributed by atoms with Crippen molar-refractivity contribution >= 4 is 24.2 Å². The lowest BCUT2D eigenvalue weighted by atomic mass is 10.2. The van der Waals surface area contributed by atoms with Crippen LogP contribution in [0.5, 0.6) is 0 Å². The third-order valence-corrected chi connectivity index (χ3v) is 25.8. The summed E-state index contributed by atoms with van der Waals surface area (Å²) in [5.74, 6) is 0. The number of hydrogen-bond acceptors (Lipinski definition) is 0. The quantitative estimate of drug-likeness (QED) is 0.411. The van der Waals surface area contributed by atoms with E-state index in [1.54, 1.807) is 5.20 Å². The Balaban J connectivity index is 3.85. The molecule has 151 valence electrons. The van der Waals surface area contributed by atoms with E-state index in [-0.39, 0.29) is 0 Å². The molecule has 0 saturated carbocycles. The average molecular weight is 408 g/mol. The molecular formula is C23H47Si3. The second-order valence-electron chi connectivity index (χ2n) is 13.2. The summed E-state index contributed by atoms with van der Waals surface area (Å²) in [7, 11) is -4.77. The Hall–Kier alpha value is 0.131. The van der Waals surface area contributed by atoms with Crippen LogP contribution in [0.4, 0.5) is 0 Å². The van der Waals surface area contributed by atoms with E-state index < -0.39 is 24.2 Å². The van der Waals surface area contributed by atoms with Gasteiger partial charge in [-0.3, -0.25) is 0 Å². The molecule has 0 aromatic rings. The van der Waals surface area contributed by atoms with Crippen molar-refractivity contribution in [2.45, 2.75) is 123 Å².